The first-order valence-corrected chi connectivity index (χ1v) is 10.9. The summed E-state index contributed by atoms with van der Waals surface area (Å²) in [4.78, 5) is 22.8. The normalized spacial score (nSPS) is 10.9. The van der Waals surface area contributed by atoms with E-state index in [1.807, 2.05) is 18.2 Å². The number of halogens is 1. The number of carbonyl (C=O) groups is 2. The molecule has 0 aliphatic heterocycles. The number of aryl methyl sites for hydroxylation is 1. The molecular formula is C18H23IN2O4S. The van der Waals surface area contributed by atoms with E-state index in [-0.39, 0.29) is 12.3 Å². The first-order valence-electron chi connectivity index (χ1n) is 8.23. The Hall–Kier alpha value is -1.44. The van der Waals surface area contributed by atoms with E-state index in [9.17, 15) is 18.0 Å². The van der Waals surface area contributed by atoms with Gasteiger partial charge in [0, 0.05) is 29.5 Å². The minimum Gasteiger partial charge on any atom is -0.296 e. The SMILES string of the molecule is CCCCc1cccc(CS(=O)(=O)N(CC#CI)CC(=O)NC(C)=O)c1. The summed E-state index contributed by atoms with van der Waals surface area (Å²) in [7, 11) is -3.76. The van der Waals surface area contributed by atoms with E-state index in [0.29, 0.717) is 5.56 Å². The van der Waals surface area contributed by atoms with E-state index in [1.54, 1.807) is 28.7 Å². The van der Waals surface area contributed by atoms with Crippen molar-refractivity contribution in [3.05, 3.63) is 35.4 Å². The van der Waals surface area contributed by atoms with Crippen LogP contribution in [0.4, 0.5) is 0 Å². The molecule has 0 saturated carbocycles. The smallest absolute Gasteiger partial charge is 0.241 e. The van der Waals surface area contributed by atoms with Gasteiger partial charge in [0.2, 0.25) is 21.8 Å². The van der Waals surface area contributed by atoms with Gasteiger partial charge < -0.3 is 0 Å². The third-order valence-corrected chi connectivity index (χ3v) is 5.64. The van der Waals surface area contributed by atoms with Crippen molar-refractivity contribution in [1.29, 1.82) is 0 Å². The lowest BCUT2D eigenvalue weighted by molar-refractivity contribution is -0.129. The van der Waals surface area contributed by atoms with E-state index in [4.69, 9.17) is 0 Å². The van der Waals surface area contributed by atoms with Gasteiger partial charge in [-0.05, 0) is 27.9 Å². The molecule has 0 bridgehead atoms. The molecule has 142 valence electrons. The maximum absolute atomic E-state index is 12.7. The van der Waals surface area contributed by atoms with Crippen LogP contribution in [-0.4, -0.2) is 37.6 Å². The minimum absolute atomic E-state index is 0.105. The number of amides is 2. The quantitative estimate of drug-likeness (QED) is 0.425. The molecule has 0 aliphatic rings. The standard InChI is InChI=1S/C18H23IN2O4S/c1-3-4-7-16-8-5-9-17(12-16)14-26(24,25)21(11-6-10-19)13-18(23)20-15(2)22/h5,8-9,12H,3-4,7,11,13-14H2,1-2H3,(H,20,22,23). The number of nitrogens with one attached hydrogen (secondary N) is 1. The molecule has 6 nitrogen and oxygen atoms in total. The second-order valence-electron chi connectivity index (χ2n) is 5.82. The van der Waals surface area contributed by atoms with Gasteiger partial charge in [0.05, 0.1) is 18.8 Å². The van der Waals surface area contributed by atoms with Crippen LogP contribution in [0.25, 0.3) is 0 Å². The molecule has 1 aromatic rings. The zero-order valence-electron chi connectivity index (χ0n) is 14.9. The molecular weight excluding hydrogens is 467 g/mol. The largest absolute Gasteiger partial charge is 0.296 e. The van der Waals surface area contributed by atoms with Crippen LogP contribution in [0.2, 0.25) is 0 Å². The van der Waals surface area contributed by atoms with Crippen molar-refractivity contribution in [3.63, 3.8) is 0 Å². The molecule has 1 rings (SSSR count). The average Bonchev–Trinajstić information content (AvgIpc) is 2.55. The van der Waals surface area contributed by atoms with Gasteiger partial charge in [-0.2, -0.15) is 4.31 Å². The number of unbranched alkanes of at least 4 members (excludes halogenated alkanes) is 1. The van der Waals surface area contributed by atoms with Crippen molar-refractivity contribution in [1.82, 2.24) is 9.62 Å². The van der Waals surface area contributed by atoms with Crippen LogP contribution in [0.1, 0.15) is 37.8 Å². The summed E-state index contributed by atoms with van der Waals surface area (Å²) in [6.07, 6.45) is 3.00. The molecule has 0 heterocycles. The fourth-order valence-electron chi connectivity index (χ4n) is 2.32. The van der Waals surface area contributed by atoms with Gasteiger partial charge in [0.1, 0.15) is 0 Å². The van der Waals surface area contributed by atoms with Crippen LogP contribution < -0.4 is 5.32 Å². The van der Waals surface area contributed by atoms with Crippen molar-refractivity contribution < 1.29 is 18.0 Å². The van der Waals surface area contributed by atoms with E-state index in [0.717, 1.165) is 29.1 Å². The second-order valence-corrected chi connectivity index (χ2v) is 8.33. The average molecular weight is 490 g/mol. The Labute approximate surface area is 168 Å². The van der Waals surface area contributed by atoms with Gasteiger partial charge in [0.15, 0.2) is 0 Å². The fraction of sp³-hybridized carbons (Fsp3) is 0.444. The maximum Gasteiger partial charge on any atom is 0.241 e. The highest BCUT2D eigenvalue weighted by Crippen LogP contribution is 2.14. The molecule has 0 unspecified atom stereocenters. The number of nitrogens with zero attached hydrogens (tertiary/aromatic N) is 1. The van der Waals surface area contributed by atoms with Crippen LogP contribution in [0, 0.1) is 9.85 Å². The molecule has 1 aromatic carbocycles. The number of hydrogen-bond donors (Lipinski definition) is 1. The summed E-state index contributed by atoms with van der Waals surface area (Å²) in [5, 5.41) is 2.08. The van der Waals surface area contributed by atoms with E-state index in [1.165, 1.54) is 6.92 Å². The van der Waals surface area contributed by atoms with Gasteiger partial charge in [-0.3, -0.25) is 14.9 Å². The molecule has 8 heteroatoms. The Morgan fingerprint density at radius 1 is 1.27 bits per heavy atom. The fourth-order valence-corrected chi connectivity index (χ4v) is 3.85. The highest BCUT2D eigenvalue weighted by atomic mass is 127. The molecule has 0 saturated heterocycles. The van der Waals surface area contributed by atoms with E-state index >= 15 is 0 Å². The Morgan fingerprint density at radius 3 is 2.58 bits per heavy atom. The molecule has 26 heavy (non-hydrogen) atoms. The molecule has 0 aromatic heterocycles. The number of benzene rings is 1. The third kappa shape index (κ3) is 8.29. The predicted molar refractivity (Wildman–Crippen MR) is 110 cm³/mol. The highest BCUT2D eigenvalue weighted by molar-refractivity contribution is 14.1. The first kappa shape index (κ1) is 22.6. The molecule has 0 aliphatic carbocycles. The van der Waals surface area contributed by atoms with Crippen LogP contribution in [-0.2, 0) is 31.8 Å². The predicted octanol–water partition coefficient (Wildman–Crippen LogP) is 2.22. The lowest BCUT2D eigenvalue weighted by Crippen LogP contribution is -2.42. The van der Waals surface area contributed by atoms with Crippen molar-refractivity contribution in [2.45, 2.75) is 38.9 Å². The van der Waals surface area contributed by atoms with E-state index < -0.39 is 28.4 Å². The maximum atomic E-state index is 12.7. The first-order chi connectivity index (χ1) is 12.3. The Balaban J connectivity index is 2.95. The van der Waals surface area contributed by atoms with Gasteiger partial charge >= 0.3 is 0 Å². The summed E-state index contributed by atoms with van der Waals surface area (Å²) >= 11 is 1.81. The van der Waals surface area contributed by atoms with Crippen molar-refractivity contribution >= 4 is 44.4 Å². The third-order valence-electron chi connectivity index (χ3n) is 3.51. The summed E-state index contributed by atoms with van der Waals surface area (Å²) in [6, 6.07) is 7.45. The number of sulfonamides is 1. The molecule has 2 amide bonds. The van der Waals surface area contributed by atoms with Gasteiger partial charge in [-0.25, -0.2) is 8.42 Å². The highest BCUT2D eigenvalue weighted by Gasteiger charge is 2.24. The van der Waals surface area contributed by atoms with Crippen LogP contribution in [0.5, 0.6) is 0 Å². The molecule has 0 spiro atoms. The monoisotopic (exact) mass is 490 g/mol. The summed E-state index contributed by atoms with van der Waals surface area (Å²) in [6.45, 7) is 2.75. The number of hydrogen-bond acceptors (Lipinski definition) is 4. The Kier molecular flexibility index (Phi) is 9.83. The van der Waals surface area contributed by atoms with Crippen LogP contribution in [0.3, 0.4) is 0 Å². The molecule has 0 radical (unpaired) electrons. The van der Waals surface area contributed by atoms with E-state index in [2.05, 4.69) is 22.1 Å². The van der Waals surface area contributed by atoms with Gasteiger partial charge in [-0.1, -0.05) is 43.5 Å². The summed E-state index contributed by atoms with van der Waals surface area (Å²) in [5.74, 6) is 1.23. The Morgan fingerprint density at radius 2 is 1.96 bits per heavy atom. The molecule has 0 atom stereocenters. The number of imide groups is 1. The lowest BCUT2D eigenvalue weighted by Gasteiger charge is -2.19. The van der Waals surface area contributed by atoms with Crippen molar-refractivity contribution in [2.75, 3.05) is 13.1 Å². The number of rotatable bonds is 9. The Bertz CT molecular complexity index is 797. The van der Waals surface area contributed by atoms with Gasteiger partial charge in [0.25, 0.3) is 0 Å². The zero-order chi connectivity index (χ0) is 19.6. The topological polar surface area (TPSA) is 83.6 Å². The second kappa shape index (κ2) is 11.3. The van der Waals surface area contributed by atoms with Crippen LogP contribution in [0.15, 0.2) is 24.3 Å². The van der Waals surface area contributed by atoms with Crippen molar-refractivity contribution in [3.8, 4) is 9.85 Å². The molecule has 1 N–H and O–H groups in total. The zero-order valence-corrected chi connectivity index (χ0v) is 17.9. The number of carbonyl (C=O) groups excluding carboxylic acids is 2. The summed E-state index contributed by atoms with van der Waals surface area (Å²) < 4.78 is 29.1. The summed E-state index contributed by atoms with van der Waals surface area (Å²) in [5.41, 5.74) is 1.76. The van der Waals surface area contributed by atoms with Crippen LogP contribution >= 0.6 is 22.6 Å². The molecule has 0 fully saturated rings. The lowest BCUT2D eigenvalue weighted by atomic mass is 10.1. The van der Waals surface area contributed by atoms with Gasteiger partial charge in [-0.15, -0.1) is 0 Å². The minimum atomic E-state index is -3.76. The van der Waals surface area contributed by atoms with Crippen molar-refractivity contribution in [2.24, 2.45) is 0 Å².